The summed E-state index contributed by atoms with van der Waals surface area (Å²) in [6.45, 7) is 2.36. The molecule has 2 heterocycles. The summed E-state index contributed by atoms with van der Waals surface area (Å²) in [5.74, 6) is 1.65. The van der Waals surface area contributed by atoms with Crippen LogP contribution in [0.25, 0.3) is 10.9 Å². The average molecular weight is 411 g/mol. The van der Waals surface area contributed by atoms with Crippen LogP contribution in [0.3, 0.4) is 0 Å². The van der Waals surface area contributed by atoms with E-state index in [1.807, 2.05) is 19.1 Å². The van der Waals surface area contributed by atoms with E-state index >= 15 is 0 Å². The monoisotopic (exact) mass is 411 g/mol. The number of aromatic nitrogens is 1. The van der Waals surface area contributed by atoms with E-state index in [1.165, 1.54) is 18.2 Å². The van der Waals surface area contributed by atoms with Gasteiger partial charge in [0, 0.05) is 5.39 Å². The van der Waals surface area contributed by atoms with Crippen LogP contribution in [0.4, 0.5) is 15.9 Å². The number of aryl methyl sites for hydroxylation is 1. The molecule has 0 saturated heterocycles. The van der Waals surface area contributed by atoms with Crippen LogP contribution in [-0.4, -0.2) is 13.4 Å². The van der Waals surface area contributed by atoms with Crippen LogP contribution in [-0.2, 0) is 16.6 Å². The maximum Gasteiger partial charge on any atom is 0.262 e. The highest BCUT2D eigenvalue weighted by Gasteiger charge is 2.16. The highest BCUT2D eigenvalue weighted by molar-refractivity contribution is 7.92. The minimum absolute atomic E-state index is 0.144. The molecule has 0 saturated carbocycles. The second kappa shape index (κ2) is 7.56. The minimum atomic E-state index is -3.93. The Hall–Kier alpha value is -3.39. The van der Waals surface area contributed by atoms with E-state index in [2.05, 4.69) is 15.0 Å². The number of furan rings is 1. The molecular formula is C21H18FN3O3S. The second-order valence-corrected chi connectivity index (χ2v) is 8.18. The van der Waals surface area contributed by atoms with Gasteiger partial charge in [-0.3, -0.25) is 4.72 Å². The van der Waals surface area contributed by atoms with Crippen LogP contribution in [0.2, 0.25) is 0 Å². The predicted octanol–water partition coefficient (Wildman–Crippen LogP) is 4.69. The lowest BCUT2D eigenvalue weighted by Gasteiger charge is -2.12. The lowest BCUT2D eigenvalue weighted by molar-refractivity contribution is 0.490. The molecule has 2 aromatic heterocycles. The zero-order valence-electron chi connectivity index (χ0n) is 15.5. The molecule has 8 heteroatoms. The van der Waals surface area contributed by atoms with E-state index in [1.54, 1.807) is 30.3 Å². The van der Waals surface area contributed by atoms with Crippen molar-refractivity contribution >= 4 is 32.4 Å². The summed E-state index contributed by atoms with van der Waals surface area (Å²) in [5, 5.41) is 3.81. The van der Waals surface area contributed by atoms with Gasteiger partial charge in [0.2, 0.25) is 0 Å². The number of nitrogens with one attached hydrogen (secondary N) is 2. The summed E-state index contributed by atoms with van der Waals surface area (Å²) in [4.78, 5) is 4.38. The second-order valence-electron chi connectivity index (χ2n) is 6.50. The number of fused-ring (bicyclic) bond motifs is 1. The number of hydrogen-bond acceptors (Lipinski definition) is 5. The number of nitrogens with zero attached hydrogens (tertiary/aromatic N) is 1. The van der Waals surface area contributed by atoms with Crippen LogP contribution in [0.5, 0.6) is 0 Å². The van der Waals surface area contributed by atoms with Crippen molar-refractivity contribution in [2.75, 3.05) is 10.0 Å². The first-order valence-corrected chi connectivity index (χ1v) is 10.4. The molecule has 0 spiro atoms. The highest BCUT2D eigenvalue weighted by atomic mass is 32.2. The summed E-state index contributed by atoms with van der Waals surface area (Å²) in [5.41, 5.74) is 0.984. The molecule has 0 amide bonds. The quantitative estimate of drug-likeness (QED) is 0.481. The fourth-order valence-electron chi connectivity index (χ4n) is 2.94. The number of hydrogen-bond donors (Lipinski definition) is 2. The van der Waals surface area contributed by atoms with Gasteiger partial charge in [-0.25, -0.2) is 17.8 Å². The molecule has 0 aliphatic rings. The number of anilines is 2. The summed E-state index contributed by atoms with van der Waals surface area (Å²) in [6.07, 6.45) is 0. The predicted molar refractivity (Wildman–Crippen MR) is 110 cm³/mol. The Bertz CT molecular complexity index is 1290. The summed E-state index contributed by atoms with van der Waals surface area (Å²) in [6, 6.07) is 17.3. The van der Waals surface area contributed by atoms with E-state index in [4.69, 9.17) is 4.42 Å². The molecule has 0 aliphatic heterocycles. The third kappa shape index (κ3) is 4.22. The molecule has 4 rings (SSSR count). The molecule has 148 valence electrons. The van der Waals surface area contributed by atoms with Gasteiger partial charge in [0.05, 0.1) is 22.6 Å². The molecule has 29 heavy (non-hydrogen) atoms. The zero-order valence-corrected chi connectivity index (χ0v) is 16.3. The number of sulfonamides is 1. The van der Waals surface area contributed by atoms with E-state index in [9.17, 15) is 12.8 Å². The Labute approximate surface area is 167 Å². The van der Waals surface area contributed by atoms with Crippen molar-refractivity contribution in [3.63, 3.8) is 0 Å². The highest BCUT2D eigenvalue weighted by Crippen LogP contribution is 2.26. The Morgan fingerprint density at radius 3 is 2.62 bits per heavy atom. The summed E-state index contributed by atoms with van der Waals surface area (Å²) < 4.78 is 46.7. The topological polar surface area (TPSA) is 84.2 Å². The maximum atomic E-state index is 13.4. The van der Waals surface area contributed by atoms with E-state index < -0.39 is 15.8 Å². The Morgan fingerprint density at radius 1 is 1.03 bits per heavy atom. The van der Waals surface area contributed by atoms with Gasteiger partial charge in [-0.1, -0.05) is 12.1 Å². The molecule has 0 bridgehead atoms. The van der Waals surface area contributed by atoms with Crippen molar-refractivity contribution < 1.29 is 17.2 Å². The Morgan fingerprint density at radius 2 is 1.86 bits per heavy atom. The van der Waals surface area contributed by atoms with Gasteiger partial charge in [0.15, 0.2) is 0 Å². The Kier molecular flexibility index (Phi) is 4.94. The smallest absolute Gasteiger partial charge is 0.262 e. The molecular weight excluding hydrogens is 393 g/mol. The molecule has 2 N–H and O–H groups in total. The van der Waals surface area contributed by atoms with Crippen LogP contribution in [0.1, 0.15) is 11.5 Å². The number of rotatable bonds is 6. The lowest BCUT2D eigenvalue weighted by atomic mass is 10.2. The first-order chi connectivity index (χ1) is 13.9. The lowest BCUT2D eigenvalue weighted by Crippen LogP contribution is -2.13. The van der Waals surface area contributed by atoms with Crippen molar-refractivity contribution in [2.45, 2.75) is 18.4 Å². The standard InChI is InChI=1S/C21H18FN3O3S/c1-14-8-9-16(28-14)13-23-21-11-10-18-19(24-21)6-3-7-20(18)25-29(26,27)17-5-2-4-15(22)12-17/h2-12,25H,13H2,1H3,(H,23,24). The fraction of sp³-hybridized carbons (Fsp3) is 0.0952. The van der Waals surface area contributed by atoms with E-state index in [0.29, 0.717) is 29.0 Å². The molecule has 0 fully saturated rings. The van der Waals surface area contributed by atoms with Gasteiger partial charge >= 0.3 is 0 Å². The van der Waals surface area contributed by atoms with Gasteiger partial charge in [0.25, 0.3) is 10.0 Å². The summed E-state index contributed by atoms with van der Waals surface area (Å²) >= 11 is 0. The largest absolute Gasteiger partial charge is 0.465 e. The van der Waals surface area contributed by atoms with E-state index in [-0.39, 0.29) is 4.90 Å². The molecule has 0 unspecified atom stereocenters. The van der Waals surface area contributed by atoms with Crippen LogP contribution in [0.15, 0.2) is 76.0 Å². The van der Waals surface area contributed by atoms with Crippen molar-refractivity contribution in [3.05, 3.63) is 84.1 Å². The first kappa shape index (κ1) is 18.9. The molecule has 0 radical (unpaired) electrons. The van der Waals surface area contributed by atoms with Crippen LogP contribution >= 0.6 is 0 Å². The van der Waals surface area contributed by atoms with Crippen LogP contribution < -0.4 is 10.0 Å². The number of pyridine rings is 1. The number of benzene rings is 2. The molecule has 6 nitrogen and oxygen atoms in total. The first-order valence-electron chi connectivity index (χ1n) is 8.88. The SMILES string of the molecule is Cc1ccc(CNc2ccc3c(NS(=O)(=O)c4cccc(F)c4)cccc3n2)o1. The molecule has 4 aromatic rings. The summed E-state index contributed by atoms with van der Waals surface area (Å²) in [7, 11) is -3.93. The minimum Gasteiger partial charge on any atom is -0.465 e. The fourth-order valence-corrected chi connectivity index (χ4v) is 4.05. The van der Waals surface area contributed by atoms with Gasteiger partial charge < -0.3 is 9.73 Å². The molecule has 0 aliphatic carbocycles. The van der Waals surface area contributed by atoms with Crippen molar-refractivity contribution in [2.24, 2.45) is 0 Å². The normalized spacial score (nSPS) is 11.5. The maximum absolute atomic E-state index is 13.4. The molecule has 0 atom stereocenters. The van der Waals surface area contributed by atoms with Gasteiger partial charge in [-0.05, 0) is 61.5 Å². The van der Waals surface area contributed by atoms with Gasteiger partial charge in [-0.2, -0.15) is 0 Å². The molecule has 2 aromatic carbocycles. The zero-order chi connectivity index (χ0) is 20.4. The van der Waals surface area contributed by atoms with Gasteiger partial charge in [-0.15, -0.1) is 0 Å². The number of halogens is 1. The third-order valence-corrected chi connectivity index (χ3v) is 5.69. The van der Waals surface area contributed by atoms with Crippen LogP contribution in [0, 0.1) is 12.7 Å². The van der Waals surface area contributed by atoms with E-state index in [0.717, 1.165) is 17.6 Å². The van der Waals surface area contributed by atoms with Crippen molar-refractivity contribution in [1.29, 1.82) is 0 Å². The third-order valence-electron chi connectivity index (χ3n) is 4.32. The van der Waals surface area contributed by atoms with Gasteiger partial charge in [0.1, 0.15) is 23.2 Å². The van der Waals surface area contributed by atoms with Crippen molar-refractivity contribution in [3.8, 4) is 0 Å². The average Bonchev–Trinajstić information content (AvgIpc) is 3.11. The Balaban J connectivity index is 1.59. The van der Waals surface area contributed by atoms with Crippen molar-refractivity contribution in [1.82, 2.24) is 4.98 Å².